The topological polar surface area (TPSA) is 137 Å². The average molecular weight is 534 g/mol. The van der Waals surface area contributed by atoms with E-state index in [4.69, 9.17) is 6.42 Å². The van der Waals surface area contributed by atoms with Crippen molar-refractivity contribution in [1.82, 2.24) is 26.2 Å². The molecule has 2 unspecified atom stereocenters. The fraction of sp³-hybridized carbons (Fsp3) is 0.679. The van der Waals surface area contributed by atoms with E-state index in [2.05, 4.69) is 33.8 Å². The van der Waals surface area contributed by atoms with E-state index in [1.54, 1.807) is 11.9 Å². The molecule has 0 spiro atoms. The molecule has 1 aliphatic carbocycles. The van der Waals surface area contributed by atoms with Gasteiger partial charge in [0.05, 0.1) is 6.04 Å². The summed E-state index contributed by atoms with van der Waals surface area (Å²) in [7, 11) is 3.21. The highest BCUT2D eigenvalue weighted by atomic mass is 16.2. The van der Waals surface area contributed by atoms with Gasteiger partial charge in [-0.3, -0.25) is 19.2 Å². The number of hydrogen-bond donors (Lipinski definition) is 4. The molecule has 1 rings (SSSR count). The molecule has 1 aliphatic rings. The number of nitrogens with one attached hydrogen (secondary N) is 4. The maximum absolute atomic E-state index is 13.1. The molecule has 0 aromatic rings. The minimum absolute atomic E-state index is 0.109. The van der Waals surface area contributed by atoms with Gasteiger partial charge in [-0.25, -0.2) is 4.79 Å². The Morgan fingerprint density at radius 2 is 1.74 bits per heavy atom. The molecule has 0 radical (unpaired) electrons. The molecule has 2 atom stereocenters. The summed E-state index contributed by atoms with van der Waals surface area (Å²) in [6, 6.07) is -1.94. The second kappa shape index (κ2) is 20.7. The molecule has 1 saturated carbocycles. The number of ketones is 1. The Labute approximate surface area is 228 Å². The largest absolute Gasteiger partial charge is 0.346 e. The van der Waals surface area contributed by atoms with Crippen LogP contribution in [0.2, 0.25) is 0 Å². The molecule has 38 heavy (non-hydrogen) atoms. The van der Waals surface area contributed by atoms with Gasteiger partial charge in [0.25, 0.3) is 5.91 Å². The quantitative estimate of drug-likeness (QED) is 0.111. The summed E-state index contributed by atoms with van der Waals surface area (Å²) < 4.78 is 0. The number of nitrogens with zero attached hydrogens (tertiary/aromatic N) is 1. The minimum Gasteiger partial charge on any atom is -0.346 e. The SMILES string of the molecule is C#CCCC(NC(=O)CCCCN(C)C(=O)C(NC(=O)NC)C1CCCCC1)C(=O)C(=O)NCC=C.CC. The summed E-state index contributed by atoms with van der Waals surface area (Å²) in [5.74, 6) is 0.477. The minimum atomic E-state index is -0.991. The lowest BCUT2D eigenvalue weighted by Crippen LogP contribution is -2.53. The maximum Gasteiger partial charge on any atom is 0.315 e. The number of rotatable bonds is 15. The van der Waals surface area contributed by atoms with Crippen molar-refractivity contribution in [3.05, 3.63) is 12.7 Å². The van der Waals surface area contributed by atoms with Crippen molar-refractivity contribution >= 4 is 29.5 Å². The number of hydrogen-bond acceptors (Lipinski definition) is 5. The zero-order valence-corrected chi connectivity index (χ0v) is 23.6. The van der Waals surface area contributed by atoms with E-state index >= 15 is 0 Å². The highest BCUT2D eigenvalue weighted by Crippen LogP contribution is 2.27. The molecule has 0 aromatic carbocycles. The maximum atomic E-state index is 13.1. The van der Waals surface area contributed by atoms with Crippen LogP contribution in [0.25, 0.3) is 0 Å². The Kier molecular flexibility index (Phi) is 18.9. The third-order valence-corrected chi connectivity index (χ3v) is 6.28. The summed E-state index contributed by atoms with van der Waals surface area (Å²) in [4.78, 5) is 63.3. The lowest BCUT2D eigenvalue weighted by molar-refractivity contribution is -0.140. The number of Topliss-reactive ketones (excluding diaryl/α,β-unsaturated/α-hetero) is 1. The summed E-state index contributed by atoms with van der Waals surface area (Å²) in [5.41, 5.74) is 0. The lowest BCUT2D eigenvalue weighted by atomic mass is 9.83. The third kappa shape index (κ3) is 13.3. The van der Waals surface area contributed by atoms with Crippen molar-refractivity contribution in [2.45, 2.75) is 90.1 Å². The first-order valence-corrected chi connectivity index (χ1v) is 13.6. The number of likely N-dealkylation sites (N-methyl/N-ethyl adjacent to an activating group) is 1. The highest BCUT2D eigenvalue weighted by Gasteiger charge is 2.32. The van der Waals surface area contributed by atoms with Crippen LogP contribution in [0.3, 0.4) is 0 Å². The van der Waals surface area contributed by atoms with Crippen LogP contribution < -0.4 is 21.3 Å². The molecule has 214 valence electrons. The monoisotopic (exact) mass is 533 g/mol. The van der Waals surface area contributed by atoms with Gasteiger partial charge in [-0.2, -0.15) is 0 Å². The van der Waals surface area contributed by atoms with E-state index in [1.165, 1.54) is 13.1 Å². The summed E-state index contributed by atoms with van der Waals surface area (Å²) >= 11 is 0. The fourth-order valence-electron chi connectivity index (χ4n) is 4.22. The number of urea groups is 1. The standard InChI is InChI=1S/C26H41N5O5.C2H6/c1-5-7-15-20(23(33)24(34)28-17-6-2)29-21(32)16-11-12-18-31(4)25(35)22(30-26(36)27-3)19-13-9-8-10-14-19;1-2/h1,6,19-20,22H,2,7-18H2,3-4H3,(H,28,34)(H,29,32)(H2,27,30,36);1-2H3. The second-order valence-electron chi connectivity index (χ2n) is 9.04. The molecule has 0 aromatic heterocycles. The first-order chi connectivity index (χ1) is 18.2. The molecule has 0 aliphatic heterocycles. The number of terminal acetylenes is 1. The molecule has 10 heteroatoms. The van der Waals surface area contributed by atoms with Crippen LogP contribution in [0, 0.1) is 18.3 Å². The predicted octanol–water partition coefficient (Wildman–Crippen LogP) is 2.29. The van der Waals surface area contributed by atoms with E-state index in [1.807, 2.05) is 13.8 Å². The Bertz CT molecular complexity index is 817. The molecule has 0 heterocycles. The Morgan fingerprint density at radius 3 is 2.32 bits per heavy atom. The molecule has 0 bridgehead atoms. The number of unbranched alkanes of at least 4 members (excludes halogenated alkanes) is 1. The smallest absolute Gasteiger partial charge is 0.315 e. The second-order valence-corrected chi connectivity index (χ2v) is 9.04. The van der Waals surface area contributed by atoms with Crippen molar-refractivity contribution in [3.63, 3.8) is 0 Å². The van der Waals surface area contributed by atoms with Crippen LogP contribution in [0.15, 0.2) is 12.7 Å². The molecule has 10 nitrogen and oxygen atoms in total. The lowest BCUT2D eigenvalue weighted by Gasteiger charge is -2.32. The Morgan fingerprint density at radius 1 is 1.08 bits per heavy atom. The van der Waals surface area contributed by atoms with Gasteiger partial charge < -0.3 is 26.2 Å². The van der Waals surface area contributed by atoms with E-state index in [-0.39, 0.29) is 49.6 Å². The zero-order valence-electron chi connectivity index (χ0n) is 23.6. The number of carbonyl (C=O) groups is 5. The van der Waals surface area contributed by atoms with Gasteiger partial charge in [0.2, 0.25) is 17.6 Å². The molecular formula is C28H47N5O5. The third-order valence-electron chi connectivity index (χ3n) is 6.28. The van der Waals surface area contributed by atoms with Crippen LogP contribution in [0.5, 0.6) is 0 Å². The zero-order chi connectivity index (χ0) is 28.9. The van der Waals surface area contributed by atoms with Crippen LogP contribution in [0.1, 0.15) is 78.1 Å². The Hall–Kier alpha value is -3.35. The number of carbonyl (C=O) groups excluding carboxylic acids is 5. The Balaban J connectivity index is 0.00000667. The van der Waals surface area contributed by atoms with Crippen molar-refractivity contribution in [3.8, 4) is 12.3 Å². The van der Waals surface area contributed by atoms with E-state index in [0.29, 0.717) is 19.4 Å². The molecular weight excluding hydrogens is 486 g/mol. The molecule has 5 amide bonds. The van der Waals surface area contributed by atoms with Gasteiger partial charge in [0.15, 0.2) is 0 Å². The van der Waals surface area contributed by atoms with Crippen molar-refractivity contribution in [2.24, 2.45) is 5.92 Å². The first kappa shape index (κ1) is 34.6. The van der Waals surface area contributed by atoms with Gasteiger partial charge in [-0.15, -0.1) is 18.9 Å². The normalized spacial score (nSPS) is 14.3. The summed E-state index contributed by atoms with van der Waals surface area (Å²) in [6.45, 7) is 8.05. The fourth-order valence-corrected chi connectivity index (χ4v) is 4.22. The van der Waals surface area contributed by atoms with Crippen LogP contribution in [0.4, 0.5) is 4.79 Å². The first-order valence-electron chi connectivity index (χ1n) is 13.6. The van der Waals surface area contributed by atoms with Crippen molar-refractivity contribution in [1.29, 1.82) is 0 Å². The van der Waals surface area contributed by atoms with E-state index in [0.717, 1.165) is 32.1 Å². The van der Waals surface area contributed by atoms with Gasteiger partial charge >= 0.3 is 6.03 Å². The van der Waals surface area contributed by atoms with Crippen LogP contribution in [-0.2, 0) is 19.2 Å². The highest BCUT2D eigenvalue weighted by molar-refractivity contribution is 6.38. The molecule has 0 saturated heterocycles. The van der Waals surface area contributed by atoms with E-state index in [9.17, 15) is 24.0 Å². The van der Waals surface area contributed by atoms with Gasteiger partial charge in [0.1, 0.15) is 6.04 Å². The molecule has 1 fully saturated rings. The predicted molar refractivity (Wildman–Crippen MR) is 149 cm³/mol. The van der Waals surface area contributed by atoms with E-state index < -0.39 is 23.8 Å². The van der Waals surface area contributed by atoms with Gasteiger partial charge in [0, 0.05) is 40.0 Å². The van der Waals surface area contributed by atoms with Crippen LogP contribution in [-0.4, -0.2) is 73.7 Å². The van der Waals surface area contributed by atoms with Crippen LogP contribution >= 0.6 is 0 Å². The summed E-state index contributed by atoms with van der Waals surface area (Å²) in [6.07, 6.45) is 13.4. The molecule has 4 N–H and O–H groups in total. The van der Waals surface area contributed by atoms with Gasteiger partial charge in [-0.1, -0.05) is 39.2 Å². The number of amides is 5. The summed E-state index contributed by atoms with van der Waals surface area (Å²) in [5, 5.41) is 10.3. The average Bonchev–Trinajstić information content (AvgIpc) is 2.95. The van der Waals surface area contributed by atoms with Crippen molar-refractivity contribution in [2.75, 3.05) is 27.2 Å². The van der Waals surface area contributed by atoms with Crippen molar-refractivity contribution < 1.29 is 24.0 Å². The van der Waals surface area contributed by atoms with Gasteiger partial charge in [-0.05, 0) is 38.0 Å².